The lowest BCUT2D eigenvalue weighted by Crippen LogP contribution is -2.31. The predicted molar refractivity (Wildman–Crippen MR) is 147 cm³/mol. The van der Waals surface area contributed by atoms with Gasteiger partial charge in [-0.3, -0.25) is 13.9 Å². The van der Waals surface area contributed by atoms with Crippen LogP contribution in [0.1, 0.15) is 30.9 Å². The second kappa shape index (κ2) is 10.1. The fourth-order valence-corrected chi connectivity index (χ4v) is 5.18. The molecule has 9 nitrogen and oxygen atoms in total. The number of nitrogens with one attached hydrogen (secondary N) is 1. The fourth-order valence-electron chi connectivity index (χ4n) is 4.00. The number of pyridine rings is 1. The number of aromatic nitrogens is 1. The number of anilines is 1. The van der Waals surface area contributed by atoms with Crippen molar-refractivity contribution in [3.63, 3.8) is 0 Å². The first-order chi connectivity index (χ1) is 17.9. The Balaban J connectivity index is 1.55. The Bertz CT molecular complexity index is 1580. The van der Waals surface area contributed by atoms with Crippen LogP contribution in [0.15, 0.2) is 92.0 Å². The summed E-state index contributed by atoms with van der Waals surface area (Å²) in [5.74, 6) is -0.0439. The van der Waals surface area contributed by atoms with Gasteiger partial charge in [0.05, 0.1) is 11.2 Å². The van der Waals surface area contributed by atoms with Crippen molar-refractivity contribution in [2.75, 3.05) is 5.32 Å². The third-order valence-electron chi connectivity index (χ3n) is 5.85. The fraction of sp³-hybridized carbons (Fsp3) is 0.148. The smallest absolute Gasteiger partial charge is 0.286 e. The van der Waals surface area contributed by atoms with Gasteiger partial charge in [-0.25, -0.2) is 0 Å². The normalized spacial score (nSPS) is 15.2. The molecule has 3 aromatic carbocycles. The summed E-state index contributed by atoms with van der Waals surface area (Å²) < 4.78 is 33.0. The lowest BCUT2D eigenvalue weighted by atomic mass is 10.1. The summed E-state index contributed by atoms with van der Waals surface area (Å²) in [6.45, 7) is 2.31. The number of hydrogen-bond donors (Lipinski definition) is 4. The van der Waals surface area contributed by atoms with Gasteiger partial charge >= 0.3 is 0 Å². The van der Waals surface area contributed by atoms with Crippen LogP contribution >= 0.6 is 10.8 Å². The topological polar surface area (TPSA) is 129 Å². The molecule has 5 rings (SSSR count). The number of fused-ring (bicyclic) bond motifs is 2. The highest BCUT2D eigenvalue weighted by Gasteiger charge is 2.31. The van der Waals surface area contributed by atoms with Crippen LogP contribution in [0.4, 0.5) is 5.69 Å². The lowest BCUT2D eigenvalue weighted by molar-refractivity contribution is 0.305. The van der Waals surface area contributed by atoms with Crippen molar-refractivity contribution in [1.82, 2.24) is 4.68 Å². The average molecular weight is 519 g/mol. The molecule has 1 aliphatic heterocycles. The van der Waals surface area contributed by atoms with Crippen molar-refractivity contribution >= 4 is 39.4 Å². The van der Waals surface area contributed by atoms with Crippen molar-refractivity contribution in [3.05, 3.63) is 94.3 Å². The summed E-state index contributed by atoms with van der Waals surface area (Å²) in [5.41, 5.74) is 0.878. The second-order valence-corrected chi connectivity index (χ2v) is 10.1. The third kappa shape index (κ3) is 4.82. The van der Waals surface area contributed by atoms with Crippen LogP contribution in [0.5, 0.6) is 11.5 Å². The van der Waals surface area contributed by atoms with Gasteiger partial charge < -0.3 is 15.2 Å². The van der Waals surface area contributed by atoms with E-state index < -0.39 is 16.3 Å². The minimum absolute atomic E-state index is 0.128. The monoisotopic (exact) mass is 518 g/mol. The van der Waals surface area contributed by atoms with Gasteiger partial charge in [0.2, 0.25) is 0 Å². The zero-order chi connectivity index (χ0) is 26.0. The molecule has 0 unspecified atom stereocenters. The molecule has 1 aromatic heterocycles. The van der Waals surface area contributed by atoms with E-state index in [1.165, 1.54) is 10.7 Å². The standard InChI is InChI=1S/C27H26N4O5S/c1-2-3-15-28-31-22-12-8-7-11-20(22)25(32)24(27(31)33)26-29-21-14-13-19(16-23(21)37(34,35)30-26)36-17-18-9-5-4-6-10-18/h4-16,32,34-35H,2-3,17H2,1H3,(H,29,30). The van der Waals surface area contributed by atoms with Crippen molar-refractivity contribution in [1.29, 1.82) is 0 Å². The molecule has 2 heterocycles. The van der Waals surface area contributed by atoms with Crippen LogP contribution in [0.3, 0.4) is 0 Å². The van der Waals surface area contributed by atoms with E-state index in [-0.39, 0.29) is 22.0 Å². The van der Waals surface area contributed by atoms with Gasteiger partial charge in [0.1, 0.15) is 28.6 Å². The molecular weight excluding hydrogens is 492 g/mol. The SMILES string of the molecule is CCCC=Nn1c(=O)c(C2=NS(O)(O)c3cc(OCc4ccccc4)ccc3N2)c(O)c2ccccc21. The molecule has 0 bridgehead atoms. The molecule has 0 radical (unpaired) electrons. The minimum Gasteiger partial charge on any atom is -0.506 e. The number of ether oxygens (including phenoxy) is 1. The number of amidine groups is 1. The number of aromatic hydroxyl groups is 1. The van der Waals surface area contributed by atoms with Crippen LogP contribution in [0.25, 0.3) is 10.9 Å². The number of hydrogen-bond acceptors (Lipinski definition) is 8. The Labute approximate surface area is 214 Å². The highest BCUT2D eigenvalue weighted by atomic mass is 32.3. The van der Waals surface area contributed by atoms with E-state index in [4.69, 9.17) is 4.74 Å². The molecule has 0 fully saturated rings. The van der Waals surface area contributed by atoms with E-state index in [2.05, 4.69) is 14.8 Å². The molecule has 10 heteroatoms. The number of rotatable bonds is 7. The van der Waals surface area contributed by atoms with Gasteiger partial charge in [0, 0.05) is 17.7 Å². The summed E-state index contributed by atoms with van der Waals surface area (Å²) in [4.78, 5) is 13.6. The Morgan fingerprint density at radius 2 is 1.84 bits per heavy atom. The van der Waals surface area contributed by atoms with Gasteiger partial charge in [-0.1, -0.05) is 66.6 Å². The zero-order valence-electron chi connectivity index (χ0n) is 20.0. The molecule has 0 saturated heterocycles. The lowest BCUT2D eigenvalue weighted by Gasteiger charge is -2.34. The van der Waals surface area contributed by atoms with Crippen molar-refractivity contribution in [2.24, 2.45) is 9.50 Å². The van der Waals surface area contributed by atoms with Gasteiger partial charge in [-0.05, 0) is 36.2 Å². The summed E-state index contributed by atoms with van der Waals surface area (Å²) in [6.07, 6.45) is 3.15. The molecule has 0 aliphatic carbocycles. The highest BCUT2D eigenvalue weighted by Crippen LogP contribution is 2.56. The third-order valence-corrected chi connectivity index (χ3v) is 7.22. The molecule has 0 amide bonds. The van der Waals surface area contributed by atoms with E-state index in [1.807, 2.05) is 37.3 Å². The molecule has 4 aromatic rings. The first kappa shape index (κ1) is 24.6. The van der Waals surface area contributed by atoms with Gasteiger partial charge in [0.25, 0.3) is 5.56 Å². The van der Waals surface area contributed by atoms with E-state index in [9.17, 15) is 19.0 Å². The van der Waals surface area contributed by atoms with E-state index in [0.29, 0.717) is 35.4 Å². The van der Waals surface area contributed by atoms with Crippen molar-refractivity contribution < 1.29 is 18.9 Å². The maximum atomic E-state index is 13.5. The number of benzene rings is 3. The first-order valence-corrected chi connectivity index (χ1v) is 13.3. The van der Waals surface area contributed by atoms with Crippen LogP contribution in [-0.4, -0.2) is 30.9 Å². The van der Waals surface area contributed by atoms with E-state index in [0.717, 1.165) is 12.0 Å². The summed E-state index contributed by atoms with van der Waals surface area (Å²) in [6, 6.07) is 21.2. The van der Waals surface area contributed by atoms with Crippen molar-refractivity contribution in [2.45, 2.75) is 31.3 Å². The quantitative estimate of drug-likeness (QED) is 0.228. The van der Waals surface area contributed by atoms with Crippen LogP contribution < -0.4 is 15.6 Å². The molecule has 4 N–H and O–H groups in total. The maximum absolute atomic E-state index is 13.5. The molecule has 0 saturated carbocycles. The highest BCUT2D eigenvalue weighted by molar-refractivity contribution is 8.23. The van der Waals surface area contributed by atoms with Gasteiger partial charge in [-0.2, -0.15) is 9.78 Å². The average Bonchev–Trinajstić information content (AvgIpc) is 2.90. The van der Waals surface area contributed by atoms with E-state index >= 15 is 0 Å². The largest absolute Gasteiger partial charge is 0.506 e. The van der Waals surface area contributed by atoms with Gasteiger partial charge in [-0.15, -0.1) is 4.40 Å². The Morgan fingerprint density at radius 1 is 1.08 bits per heavy atom. The molecule has 1 aliphatic rings. The molecular formula is C27H26N4O5S. The Morgan fingerprint density at radius 3 is 2.62 bits per heavy atom. The first-order valence-electron chi connectivity index (χ1n) is 11.7. The van der Waals surface area contributed by atoms with E-state index in [1.54, 1.807) is 42.6 Å². The Kier molecular flexibility index (Phi) is 6.70. The molecule has 0 spiro atoms. The molecule has 37 heavy (non-hydrogen) atoms. The van der Waals surface area contributed by atoms with Crippen molar-refractivity contribution in [3.8, 4) is 11.5 Å². The van der Waals surface area contributed by atoms with Crippen LogP contribution in [0.2, 0.25) is 0 Å². The number of unbranched alkanes of at least 4 members (excludes halogenated alkanes) is 1. The second-order valence-electron chi connectivity index (χ2n) is 8.46. The summed E-state index contributed by atoms with van der Waals surface area (Å²) >= 11 is 0. The number of para-hydroxylation sites is 1. The molecule has 190 valence electrons. The van der Waals surface area contributed by atoms with Crippen LogP contribution in [-0.2, 0) is 6.61 Å². The Hall–Kier alpha value is -4.12. The summed E-state index contributed by atoms with van der Waals surface area (Å²) in [5, 5.41) is 18.7. The molecule has 0 atom stereocenters. The predicted octanol–water partition coefficient (Wildman–Crippen LogP) is 5.82. The minimum atomic E-state index is -3.72. The maximum Gasteiger partial charge on any atom is 0.286 e. The number of nitrogens with zero attached hydrogens (tertiary/aromatic N) is 3. The zero-order valence-corrected chi connectivity index (χ0v) is 20.9. The van der Waals surface area contributed by atoms with Gasteiger partial charge in [0.15, 0.2) is 5.84 Å². The van der Waals surface area contributed by atoms with Crippen LogP contribution in [0, 0.1) is 0 Å². The summed E-state index contributed by atoms with van der Waals surface area (Å²) in [7, 11) is -3.72.